The molecule has 0 aliphatic carbocycles. The Bertz CT molecular complexity index is 602. The molecule has 20 heavy (non-hydrogen) atoms. The maximum Gasteiger partial charge on any atom is 0.184 e. The zero-order chi connectivity index (χ0) is 14.5. The Morgan fingerprint density at radius 3 is 2.60 bits per heavy atom. The SMILES string of the molecule is Cc1ccccc1C(=O)CCC(=O)C1=C(F)CCC=N1. The fourth-order valence-corrected chi connectivity index (χ4v) is 2.12. The summed E-state index contributed by atoms with van der Waals surface area (Å²) in [6, 6.07) is 7.23. The number of nitrogens with zero attached hydrogens (tertiary/aromatic N) is 1. The Morgan fingerprint density at radius 1 is 1.20 bits per heavy atom. The lowest BCUT2D eigenvalue weighted by Crippen LogP contribution is -2.10. The normalized spacial score (nSPS) is 14.5. The van der Waals surface area contributed by atoms with Crippen molar-refractivity contribution in [3.05, 3.63) is 46.9 Å². The highest BCUT2D eigenvalue weighted by atomic mass is 19.1. The molecule has 0 N–H and O–H groups in total. The van der Waals surface area contributed by atoms with Gasteiger partial charge in [0.15, 0.2) is 11.6 Å². The van der Waals surface area contributed by atoms with Gasteiger partial charge >= 0.3 is 0 Å². The zero-order valence-electron chi connectivity index (χ0n) is 11.4. The standard InChI is InChI=1S/C16H16FNO2/c1-11-5-2-3-6-12(11)14(19)8-9-15(20)16-13(17)7-4-10-18-16/h2-3,5-6,10H,4,7-9H2,1H3. The highest BCUT2D eigenvalue weighted by Gasteiger charge is 2.19. The van der Waals surface area contributed by atoms with Crippen molar-refractivity contribution in [1.29, 1.82) is 0 Å². The van der Waals surface area contributed by atoms with Gasteiger partial charge in [0.05, 0.1) is 0 Å². The van der Waals surface area contributed by atoms with E-state index in [-0.39, 0.29) is 30.7 Å². The van der Waals surface area contributed by atoms with Crippen LogP contribution in [0, 0.1) is 6.92 Å². The topological polar surface area (TPSA) is 46.5 Å². The predicted molar refractivity (Wildman–Crippen MR) is 75.6 cm³/mol. The van der Waals surface area contributed by atoms with Crippen LogP contribution in [0.2, 0.25) is 0 Å². The van der Waals surface area contributed by atoms with Crippen LogP contribution in [0.4, 0.5) is 4.39 Å². The van der Waals surface area contributed by atoms with Crippen LogP contribution in [-0.4, -0.2) is 17.8 Å². The fraction of sp³-hybridized carbons (Fsp3) is 0.312. The number of aliphatic imine (C=N–C) groups is 1. The molecule has 1 heterocycles. The first-order chi connectivity index (χ1) is 9.59. The molecule has 0 radical (unpaired) electrons. The quantitative estimate of drug-likeness (QED) is 0.770. The third-order valence-corrected chi connectivity index (χ3v) is 3.26. The number of halogens is 1. The number of hydrogen-bond acceptors (Lipinski definition) is 3. The van der Waals surface area contributed by atoms with Crippen LogP contribution in [0.1, 0.15) is 41.6 Å². The zero-order valence-corrected chi connectivity index (χ0v) is 11.4. The molecule has 1 aromatic rings. The highest BCUT2D eigenvalue weighted by molar-refractivity contribution is 6.03. The molecule has 0 bridgehead atoms. The molecule has 4 heteroatoms. The van der Waals surface area contributed by atoms with Crippen molar-refractivity contribution in [2.75, 3.05) is 0 Å². The van der Waals surface area contributed by atoms with E-state index in [0.29, 0.717) is 12.0 Å². The fourth-order valence-electron chi connectivity index (χ4n) is 2.12. The maximum atomic E-state index is 13.5. The molecule has 0 aromatic heterocycles. The lowest BCUT2D eigenvalue weighted by atomic mass is 9.99. The summed E-state index contributed by atoms with van der Waals surface area (Å²) in [5.41, 5.74) is 1.38. The Kier molecular flexibility index (Phi) is 4.56. The van der Waals surface area contributed by atoms with Gasteiger partial charge in [-0.15, -0.1) is 0 Å². The minimum absolute atomic E-state index is 0.00669. The summed E-state index contributed by atoms with van der Waals surface area (Å²) in [6.45, 7) is 1.85. The van der Waals surface area contributed by atoms with Crippen LogP contribution >= 0.6 is 0 Å². The van der Waals surface area contributed by atoms with Gasteiger partial charge in [0.1, 0.15) is 11.5 Å². The lowest BCUT2D eigenvalue weighted by molar-refractivity contribution is -0.115. The molecular formula is C16H16FNO2. The molecule has 0 fully saturated rings. The van der Waals surface area contributed by atoms with Gasteiger partial charge in [-0.2, -0.15) is 0 Å². The number of carbonyl (C=O) groups is 2. The van der Waals surface area contributed by atoms with Crippen molar-refractivity contribution in [3.8, 4) is 0 Å². The molecule has 0 unspecified atom stereocenters. The molecule has 0 saturated carbocycles. The van der Waals surface area contributed by atoms with Gasteiger partial charge in [-0.05, 0) is 18.9 Å². The second-order valence-corrected chi connectivity index (χ2v) is 4.77. The number of aryl methyl sites for hydroxylation is 1. The van der Waals surface area contributed by atoms with E-state index in [1.807, 2.05) is 19.1 Å². The second-order valence-electron chi connectivity index (χ2n) is 4.77. The summed E-state index contributed by atoms with van der Waals surface area (Å²) >= 11 is 0. The first-order valence-corrected chi connectivity index (χ1v) is 6.63. The molecule has 104 valence electrons. The van der Waals surface area contributed by atoms with Gasteiger partial charge < -0.3 is 0 Å². The van der Waals surface area contributed by atoms with Gasteiger partial charge in [0.2, 0.25) is 0 Å². The molecule has 0 spiro atoms. The van der Waals surface area contributed by atoms with Crippen molar-refractivity contribution in [2.45, 2.75) is 32.6 Å². The van der Waals surface area contributed by atoms with Crippen molar-refractivity contribution in [3.63, 3.8) is 0 Å². The van der Waals surface area contributed by atoms with E-state index < -0.39 is 11.6 Å². The number of ketones is 2. The number of Topliss-reactive ketones (excluding diaryl/α,β-unsaturated/α-hetero) is 2. The van der Waals surface area contributed by atoms with E-state index in [4.69, 9.17) is 0 Å². The van der Waals surface area contributed by atoms with Crippen LogP contribution in [0.15, 0.2) is 40.8 Å². The van der Waals surface area contributed by atoms with Gasteiger partial charge in [0, 0.05) is 31.0 Å². The van der Waals surface area contributed by atoms with Gasteiger partial charge in [0.25, 0.3) is 0 Å². The monoisotopic (exact) mass is 273 g/mol. The van der Waals surface area contributed by atoms with Crippen molar-refractivity contribution in [2.24, 2.45) is 4.99 Å². The molecule has 1 aliphatic rings. The van der Waals surface area contributed by atoms with E-state index in [9.17, 15) is 14.0 Å². The van der Waals surface area contributed by atoms with Crippen molar-refractivity contribution in [1.82, 2.24) is 0 Å². The summed E-state index contributed by atoms with van der Waals surface area (Å²) in [7, 11) is 0. The van der Waals surface area contributed by atoms with E-state index in [1.165, 1.54) is 0 Å². The summed E-state index contributed by atoms with van der Waals surface area (Å²) < 4.78 is 13.5. The lowest BCUT2D eigenvalue weighted by Gasteiger charge is -2.08. The molecule has 0 amide bonds. The Morgan fingerprint density at radius 2 is 1.90 bits per heavy atom. The summed E-state index contributed by atoms with van der Waals surface area (Å²) in [4.78, 5) is 27.7. The Balaban J connectivity index is 1.99. The highest BCUT2D eigenvalue weighted by Crippen LogP contribution is 2.21. The minimum Gasteiger partial charge on any atom is -0.294 e. The van der Waals surface area contributed by atoms with Gasteiger partial charge in [-0.25, -0.2) is 4.39 Å². The summed E-state index contributed by atoms with van der Waals surface area (Å²) in [6.07, 6.45) is 2.35. The number of allylic oxidation sites excluding steroid dienone is 2. The van der Waals surface area contributed by atoms with E-state index >= 15 is 0 Å². The second kappa shape index (κ2) is 6.37. The van der Waals surface area contributed by atoms with Gasteiger partial charge in [-0.3, -0.25) is 14.6 Å². The maximum absolute atomic E-state index is 13.5. The number of benzene rings is 1. The average molecular weight is 273 g/mol. The largest absolute Gasteiger partial charge is 0.294 e. The predicted octanol–water partition coefficient (Wildman–Crippen LogP) is 3.57. The van der Waals surface area contributed by atoms with Crippen LogP contribution in [-0.2, 0) is 4.79 Å². The summed E-state index contributed by atoms with van der Waals surface area (Å²) in [5.74, 6) is -0.974. The smallest absolute Gasteiger partial charge is 0.184 e. The number of hydrogen-bond donors (Lipinski definition) is 0. The molecular weight excluding hydrogens is 257 g/mol. The van der Waals surface area contributed by atoms with Crippen LogP contribution in [0.25, 0.3) is 0 Å². The molecule has 0 atom stereocenters. The van der Waals surface area contributed by atoms with Gasteiger partial charge in [-0.1, -0.05) is 24.3 Å². The number of rotatable bonds is 5. The molecule has 3 nitrogen and oxygen atoms in total. The Hall–Kier alpha value is -2.10. The first kappa shape index (κ1) is 14.3. The number of carbonyl (C=O) groups excluding carboxylic acids is 2. The summed E-state index contributed by atoms with van der Waals surface area (Å²) in [5, 5.41) is 0. The average Bonchev–Trinajstić information content (AvgIpc) is 2.45. The third kappa shape index (κ3) is 3.26. The van der Waals surface area contributed by atoms with Crippen molar-refractivity contribution >= 4 is 17.8 Å². The third-order valence-electron chi connectivity index (χ3n) is 3.26. The molecule has 0 saturated heterocycles. The van der Waals surface area contributed by atoms with E-state index in [0.717, 1.165) is 5.56 Å². The van der Waals surface area contributed by atoms with Crippen LogP contribution in [0.3, 0.4) is 0 Å². The molecule has 1 aliphatic heterocycles. The van der Waals surface area contributed by atoms with E-state index in [2.05, 4.69) is 4.99 Å². The molecule has 2 rings (SSSR count). The Labute approximate surface area is 117 Å². The van der Waals surface area contributed by atoms with Crippen LogP contribution < -0.4 is 0 Å². The minimum atomic E-state index is -0.471. The molecule has 1 aromatic carbocycles. The first-order valence-electron chi connectivity index (χ1n) is 6.63. The van der Waals surface area contributed by atoms with Crippen molar-refractivity contribution < 1.29 is 14.0 Å². The van der Waals surface area contributed by atoms with Crippen LogP contribution in [0.5, 0.6) is 0 Å². The van der Waals surface area contributed by atoms with E-state index in [1.54, 1.807) is 18.3 Å².